The van der Waals surface area contributed by atoms with E-state index in [4.69, 9.17) is 22.6 Å². The predicted octanol–water partition coefficient (Wildman–Crippen LogP) is 25.3. The Bertz CT molecular complexity index is 4650. The lowest BCUT2D eigenvalue weighted by Gasteiger charge is -2.25. The van der Waals surface area contributed by atoms with Crippen molar-refractivity contribution in [2.45, 2.75) is 285 Å². The van der Waals surface area contributed by atoms with Gasteiger partial charge in [0.15, 0.2) is 0 Å². The fourth-order valence-corrected chi connectivity index (χ4v) is 20.8. The third kappa shape index (κ3) is 22.9. The second-order valence-corrected chi connectivity index (χ2v) is 36.3. The van der Waals surface area contributed by atoms with Crippen LogP contribution in [0.15, 0.2) is 97.1 Å². The smallest absolute Gasteiger partial charge is 0.422 e. The zero-order valence-corrected chi connectivity index (χ0v) is 71.3. The molecule has 0 fully saturated rings. The number of rotatable bonds is 48. The lowest BCUT2D eigenvalue weighted by atomic mass is 9.92. The van der Waals surface area contributed by atoms with Crippen LogP contribution in [0.4, 0.5) is 11.4 Å². The number of nitrogens with zero attached hydrogens (tertiary/aromatic N) is 6. The van der Waals surface area contributed by atoms with Crippen LogP contribution in [0.5, 0.6) is 11.5 Å². The van der Waals surface area contributed by atoms with Gasteiger partial charge in [-0.05, 0) is 134 Å². The van der Waals surface area contributed by atoms with Gasteiger partial charge >= 0.3 is 17.8 Å². The van der Waals surface area contributed by atoms with E-state index in [1.54, 1.807) is 34.8 Å². The predicted molar refractivity (Wildman–Crippen MR) is 475 cm³/mol. The SMILES string of the molecule is [C-]#[N+]C([N+]#[C-])=c1cc/c(=C\c2ccc(-c3ccc4c(c3)N(CC(CCCCCCCCCC)CCCCCCCCCCCC)C(=O)/C4=C3/C(=O)Oc4cc5c(cc43)OC(=O)/C5=C3/C(=O)N(CC(CCCCCCCCCC)CCCCCCCCCCCC)c4cc(-c5ccc(/C=c6\ccc(=C(C#N)C#N)s6)s5)ccc43)s2)s1. The first-order valence-electron chi connectivity index (χ1n) is 43.3. The minimum Gasteiger partial charge on any atom is -0.422 e. The summed E-state index contributed by atoms with van der Waals surface area (Å²) in [6, 6.07) is 35.4. The minimum atomic E-state index is -0.673. The number of hydrogen-bond acceptors (Lipinski definition) is 12. The molecule has 12 nitrogen and oxygen atoms in total. The Balaban J connectivity index is 0.943. The number of benzene rings is 3. The number of nitriles is 2. The Morgan fingerprint density at radius 3 is 1.07 bits per heavy atom. The molecule has 2 unspecified atom stereocenters. The van der Waals surface area contributed by atoms with E-state index in [0.29, 0.717) is 44.4 Å². The number of unbranched alkanes of at least 4 members (excludes halogenated alkanes) is 32. The summed E-state index contributed by atoms with van der Waals surface area (Å²) in [7, 11) is 0. The van der Waals surface area contributed by atoms with Gasteiger partial charge in [-0.2, -0.15) is 20.2 Å². The van der Waals surface area contributed by atoms with Gasteiger partial charge < -0.3 is 19.3 Å². The zero-order valence-electron chi connectivity index (χ0n) is 68.0. The van der Waals surface area contributed by atoms with Crippen LogP contribution in [-0.2, 0) is 19.2 Å². The first-order valence-corrected chi connectivity index (χ1v) is 46.6. The number of carbonyl (C=O) groups is 4. The Morgan fingerprint density at radius 2 is 0.728 bits per heavy atom. The minimum absolute atomic E-state index is 0.0558. The quantitative estimate of drug-likeness (QED) is 0.0120. The molecule has 4 aliphatic rings. The lowest BCUT2D eigenvalue weighted by molar-refractivity contribution is -0.127. The van der Waals surface area contributed by atoms with Gasteiger partial charge in [0, 0.05) is 63.9 Å². The number of carbonyl (C=O) groups excluding carboxylic acids is 4. The summed E-state index contributed by atoms with van der Waals surface area (Å²) in [4.78, 5) is 76.8. The molecule has 2 amide bonds. The fraction of sp³-hybridized carbons (Fsp3) is 0.490. The highest BCUT2D eigenvalue weighted by Crippen LogP contribution is 2.53. The molecule has 0 saturated carbocycles. The monoisotopic (exact) mass is 1600 g/mol. The molecule has 3 aromatic carbocycles. The highest BCUT2D eigenvalue weighted by Gasteiger charge is 2.46. The van der Waals surface area contributed by atoms with Gasteiger partial charge in [-0.15, -0.1) is 45.3 Å². The molecule has 598 valence electrons. The maximum absolute atomic E-state index is 16.0. The number of amides is 2. The van der Waals surface area contributed by atoms with Gasteiger partial charge in [0.1, 0.15) is 46.9 Å². The van der Waals surface area contributed by atoms with Crippen LogP contribution in [0.2, 0.25) is 0 Å². The van der Waals surface area contributed by atoms with Crippen molar-refractivity contribution in [1.82, 2.24) is 0 Å². The average molecular weight is 1600 g/mol. The second-order valence-electron chi connectivity index (χ2n) is 31.9. The molecule has 2 atom stereocenters. The molecule has 4 aromatic heterocycles. The third-order valence-electron chi connectivity index (χ3n) is 23.3. The van der Waals surface area contributed by atoms with E-state index in [2.05, 4.69) is 85.9 Å². The summed E-state index contributed by atoms with van der Waals surface area (Å²) < 4.78 is 15.8. The average Bonchev–Trinajstić information content (AvgIpc) is 1.56. The van der Waals surface area contributed by atoms with Crippen LogP contribution in [0, 0.1) is 47.6 Å². The topological polar surface area (TPSA) is 150 Å². The molecular formula is C98H116N6O6S4. The van der Waals surface area contributed by atoms with Crippen LogP contribution in [0.3, 0.4) is 0 Å². The van der Waals surface area contributed by atoms with Gasteiger partial charge in [-0.25, -0.2) is 9.59 Å². The molecule has 0 N–H and O–H groups in total. The summed E-state index contributed by atoms with van der Waals surface area (Å²) in [5, 5.41) is 19.2. The number of anilines is 2. The molecule has 7 aromatic rings. The van der Waals surface area contributed by atoms with Crippen molar-refractivity contribution in [3.05, 3.63) is 170 Å². The van der Waals surface area contributed by atoms with E-state index in [0.717, 1.165) is 128 Å². The van der Waals surface area contributed by atoms with Gasteiger partial charge in [-0.1, -0.05) is 283 Å². The van der Waals surface area contributed by atoms with E-state index >= 15 is 19.2 Å². The Morgan fingerprint density at radius 1 is 0.395 bits per heavy atom. The summed E-state index contributed by atoms with van der Waals surface area (Å²) in [6.45, 7) is 25.0. The molecule has 0 bridgehead atoms. The number of fused-ring (bicyclic) bond motifs is 4. The largest absolute Gasteiger partial charge is 0.536 e. The van der Waals surface area contributed by atoms with Gasteiger partial charge in [0.25, 0.3) is 11.8 Å². The lowest BCUT2D eigenvalue weighted by Crippen LogP contribution is -2.32. The van der Waals surface area contributed by atoms with Crippen LogP contribution in [0.25, 0.3) is 76.4 Å². The molecule has 114 heavy (non-hydrogen) atoms. The first kappa shape index (κ1) is 86.1. The fourth-order valence-electron chi connectivity index (χ4n) is 16.9. The summed E-state index contributed by atoms with van der Waals surface area (Å²) in [5.74, 6) is -1.03. The molecule has 8 heterocycles. The number of ether oxygens (including phenoxy) is 2. The molecule has 4 aliphatic heterocycles. The first-order chi connectivity index (χ1) is 55.9. The maximum atomic E-state index is 16.0. The normalized spacial score (nSPS) is 15.6. The van der Waals surface area contributed by atoms with Gasteiger partial charge in [0.2, 0.25) is 0 Å². The van der Waals surface area contributed by atoms with Crippen LogP contribution >= 0.6 is 45.3 Å². The summed E-state index contributed by atoms with van der Waals surface area (Å²) >= 11 is 6.05. The number of thiophene rings is 4. The van der Waals surface area contributed by atoms with Crippen molar-refractivity contribution < 1.29 is 28.7 Å². The van der Waals surface area contributed by atoms with Crippen molar-refractivity contribution >= 4 is 126 Å². The summed E-state index contributed by atoms with van der Waals surface area (Å²) in [6.07, 6.45) is 52.4. The van der Waals surface area contributed by atoms with Crippen molar-refractivity contribution in [3.63, 3.8) is 0 Å². The van der Waals surface area contributed by atoms with E-state index in [-0.39, 0.29) is 68.8 Å². The van der Waals surface area contributed by atoms with E-state index in [1.807, 2.05) is 70.5 Å². The molecule has 0 radical (unpaired) electrons. The van der Waals surface area contributed by atoms with E-state index in [1.165, 1.54) is 202 Å². The third-order valence-corrected chi connectivity index (χ3v) is 27.5. The maximum Gasteiger partial charge on any atom is 0.536 e. The van der Waals surface area contributed by atoms with Crippen molar-refractivity contribution in [1.29, 1.82) is 10.5 Å². The summed E-state index contributed by atoms with van der Waals surface area (Å²) in [5.41, 5.74) is 6.11. The van der Waals surface area contributed by atoms with Crippen molar-refractivity contribution in [3.8, 4) is 44.5 Å². The molecule has 0 saturated heterocycles. The number of esters is 2. The van der Waals surface area contributed by atoms with Crippen LogP contribution in [-0.4, -0.2) is 36.8 Å². The molecular weight excluding hydrogens is 1490 g/mol. The van der Waals surface area contributed by atoms with Gasteiger partial charge in [0.05, 0.1) is 38.2 Å². The van der Waals surface area contributed by atoms with E-state index in [9.17, 15) is 10.5 Å². The molecule has 0 spiro atoms. The molecule has 16 heteroatoms. The highest BCUT2D eigenvalue weighted by molar-refractivity contribution is 7.17. The number of hydrogen-bond donors (Lipinski definition) is 0. The van der Waals surface area contributed by atoms with Gasteiger partial charge in [-0.3, -0.25) is 9.59 Å². The molecule has 0 aliphatic carbocycles. The zero-order chi connectivity index (χ0) is 80.0. The standard InChI is InChI=1S/C98H116N6O6S4/c1-7-11-15-19-23-27-29-33-37-41-45-69(43-39-35-31-25-21-17-13-9-3)67-103-82-59-71(86-55-49-74(111-86)61-76-51-57-88(113-76)73(65-99)66-100)47-53-78(82)90(95(103)105)92-80-63-85-81(64-84(80)109-97(92)107)93(98(108)110-85)91-79-54-48-72(87-56-50-75(112-87)62-77-52-58-89(114-77)94(101-5)102-6)60-83(79)104(96(91)106)68-70(44-40-36-32-26-22-18-14-10-4)46-42-38-34-30-28-24-20-16-12-8-2/h47-64,69-70H,7-46,67-68H2,1-4H3/b76-61+,77-62+,92-90+,93-91+. The van der Waals surface area contributed by atoms with E-state index < -0.39 is 11.9 Å². The second kappa shape index (κ2) is 45.0. The Kier molecular flexibility index (Phi) is 34.0. The Labute approximate surface area is 694 Å². The highest BCUT2D eigenvalue weighted by atomic mass is 32.1. The van der Waals surface area contributed by atoms with Crippen LogP contribution in [0.1, 0.15) is 317 Å². The Hall–Kier alpha value is -8.74. The van der Waals surface area contributed by atoms with Crippen LogP contribution < -0.4 is 37.4 Å². The van der Waals surface area contributed by atoms with Crippen molar-refractivity contribution in [2.24, 2.45) is 11.8 Å². The van der Waals surface area contributed by atoms with Crippen molar-refractivity contribution in [2.75, 3.05) is 22.9 Å². The molecule has 11 rings (SSSR count).